The lowest BCUT2D eigenvalue weighted by Gasteiger charge is -2.06. The van der Waals surface area contributed by atoms with E-state index in [0.717, 1.165) is 5.52 Å². The summed E-state index contributed by atoms with van der Waals surface area (Å²) in [5.41, 5.74) is 13.0. The Morgan fingerprint density at radius 2 is 2.05 bits per heavy atom. The lowest BCUT2D eigenvalue weighted by atomic mass is 10.2. The molecule has 0 unspecified atom stereocenters. The highest BCUT2D eigenvalue weighted by Crippen LogP contribution is 2.18. The number of carbonyl (C=O) groups excluding carboxylic acids is 1. The molecule has 0 aliphatic heterocycles. The van der Waals surface area contributed by atoms with E-state index in [9.17, 15) is 4.79 Å². The normalized spacial score (nSPS) is 10.7. The van der Waals surface area contributed by atoms with Crippen LogP contribution < -0.4 is 11.5 Å². The lowest BCUT2D eigenvalue weighted by Crippen LogP contribution is -2.17. The van der Waals surface area contributed by atoms with Gasteiger partial charge in [0.25, 0.3) is 5.91 Å². The van der Waals surface area contributed by atoms with Gasteiger partial charge in [-0.1, -0.05) is 17.3 Å². The van der Waals surface area contributed by atoms with Crippen molar-refractivity contribution in [2.24, 2.45) is 5.73 Å². The summed E-state index contributed by atoms with van der Waals surface area (Å²) in [4.78, 5) is 15.6. The number of pyridine rings is 1. The fourth-order valence-electron chi connectivity index (χ4n) is 1.85. The van der Waals surface area contributed by atoms with Crippen LogP contribution in [0.5, 0.6) is 0 Å². The molecule has 0 saturated heterocycles. The first-order valence-electron chi connectivity index (χ1n) is 5.53. The van der Waals surface area contributed by atoms with Crippen LogP contribution in [0, 0.1) is 0 Å². The van der Waals surface area contributed by atoms with Crippen LogP contribution in [0.25, 0.3) is 16.9 Å². The maximum Gasteiger partial charge on any atom is 0.252 e. The Morgan fingerprint density at radius 1 is 1.26 bits per heavy atom. The Hall–Kier alpha value is -2.96. The molecule has 0 saturated carbocycles. The second kappa shape index (κ2) is 4.05. The zero-order chi connectivity index (χ0) is 13.4. The van der Waals surface area contributed by atoms with Crippen LogP contribution in [0.15, 0.2) is 36.5 Å². The molecule has 0 atom stereocenters. The van der Waals surface area contributed by atoms with Crippen molar-refractivity contribution in [2.45, 2.75) is 0 Å². The molecular weight excluding hydrogens is 244 g/mol. The second-order valence-corrected chi connectivity index (χ2v) is 3.99. The van der Waals surface area contributed by atoms with E-state index in [1.165, 1.54) is 16.9 Å². The molecule has 0 bridgehead atoms. The predicted molar refractivity (Wildman–Crippen MR) is 69.6 cm³/mol. The van der Waals surface area contributed by atoms with E-state index in [1.54, 1.807) is 0 Å². The van der Waals surface area contributed by atoms with Gasteiger partial charge in [-0.25, -0.2) is 4.98 Å². The summed E-state index contributed by atoms with van der Waals surface area (Å²) in [5, 5.41) is 8.00. The lowest BCUT2D eigenvalue weighted by molar-refractivity contribution is 0.1000. The molecule has 2 aromatic heterocycles. The number of nitrogens with zero attached hydrogens (tertiary/aromatic N) is 4. The molecule has 2 heterocycles. The van der Waals surface area contributed by atoms with Crippen LogP contribution in [0.3, 0.4) is 0 Å². The van der Waals surface area contributed by atoms with Crippen LogP contribution >= 0.6 is 0 Å². The number of anilines is 1. The van der Waals surface area contributed by atoms with Crippen LogP contribution in [0.2, 0.25) is 0 Å². The molecule has 7 heteroatoms. The summed E-state index contributed by atoms with van der Waals surface area (Å²) in [6, 6.07) is 8.83. The Bertz CT molecular complexity index is 779. The number of amides is 1. The summed E-state index contributed by atoms with van der Waals surface area (Å²) >= 11 is 0. The summed E-state index contributed by atoms with van der Waals surface area (Å²) in [6.45, 7) is 0. The number of para-hydroxylation sites is 1. The zero-order valence-electron chi connectivity index (χ0n) is 9.82. The number of nitrogens with two attached hydrogens (primary N) is 2. The molecule has 1 aromatic carbocycles. The fourth-order valence-corrected chi connectivity index (χ4v) is 1.85. The quantitative estimate of drug-likeness (QED) is 0.691. The van der Waals surface area contributed by atoms with Crippen molar-refractivity contribution in [1.29, 1.82) is 0 Å². The smallest absolute Gasteiger partial charge is 0.252 e. The topological polar surface area (TPSA) is 113 Å². The summed E-state index contributed by atoms with van der Waals surface area (Å²) < 4.78 is 1.47. The number of rotatable bonds is 2. The Kier molecular flexibility index (Phi) is 2.38. The first-order valence-corrected chi connectivity index (χ1v) is 5.53. The monoisotopic (exact) mass is 254 g/mol. The van der Waals surface area contributed by atoms with Gasteiger partial charge >= 0.3 is 0 Å². The minimum Gasteiger partial charge on any atom is -0.397 e. The number of aromatic nitrogens is 4. The number of primary amides is 1. The van der Waals surface area contributed by atoms with Crippen molar-refractivity contribution >= 4 is 22.6 Å². The van der Waals surface area contributed by atoms with Gasteiger partial charge in [-0.2, -0.15) is 4.68 Å². The van der Waals surface area contributed by atoms with Crippen molar-refractivity contribution in [1.82, 2.24) is 20.0 Å². The standard InChI is InChI=1S/C12H10N6O/c13-7-5-8(11(14)19)12(15-6-7)18-10-4-2-1-3-9(10)16-17-18/h1-6H,13H2,(H2,14,19). The highest BCUT2D eigenvalue weighted by atomic mass is 16.1. The van der Waals surface area contributed by atoms with Crippen LogP contribution in [-0.4, -0.2) is 25.9 Å². The number of carbonyl (C=O) groups is 1. The maximum atomic E-state index is 11.5. The van der Waals surface area contributed by atoms with Crippen molar-refractivity contribution < 1.29 is 4.79 Å². The highest BCUT2D eigenvalue weighted by molar-refractivity contribution is 5.97. The third kappa shape index (κ3) is 1.77. The fraction of sp³-hybridized carbons (Fsp3) is 0. The van der Waals surface area contributed by atoms with Crippen LogP contribution in [0.4, 0.5) is 5.69 Å². The minimum absolute atomic E-state index is 0.204. The zero-order valence-corrected chi connectivity index (χ0v) is 9.82. The van der Waals surface area contributed by atoms with Gasteiger partial charge in [0.15, 0.2) is 5.82 Å². The summed E-state index contributed by atoms with van der Waals surface area (Å²) in [5.74, 6) is -0.301. The number of hydrogen-bond donors (Lipinski definition) is 2. The first kappa shape index (κ1) is 11.1. The molecule has 4 N–H and O–H groups in total. The molecule has 0 spiro atoms. The van der Waals surface area contributed by atoms with Gasteiger partial charge in [0.2, 0.25) is 0 Å². The molecule has 3 aromatic rings. The maximum absolute atomic E-state index is 11.5. The van der Waals surface area contributed by atoms with Crippen molar-refractivity contribution in [2.75, 3.05) is 5.73 Å². The van der Waals surface area contributed by atoms with E-state index >= 15 is 0 Å². The van der Waals surface area contributed by atoms with Gasteiger partial charge in [0.1, 0.15) is 5.52 Å². The molecule has 3 rings (SSSR count). The molecule has 1 amide bonds. The largest absolute Gasteiger partial charge is 0.397 e. The van der Waals surface area contributed by atoms with E-state index in [4.69, 9.17) is 11.5 Å². The number of benzene rings is 1. The van der Waals surface area contributed by atoms with Crippen molar-refractivity contribution in [3.05, 3.63) is 42.1 Å². The highest BCUT2D eigenvalue weighted by Gasteiger charge is 2.15. The molecule has 7 nitrogen and oxygen atoms in total. The van der Waals surface area contributed by atoms with E-state index in [-0.39, 0.29) is 5.56 Å². The van der Waals surface area contributed by atoms with Crippen molar-refractivity contribution in [3.63, 3.8) is 0 Å². The van der Waals surface area contributed by atoms with Crippen LogP contribution in [0.1, 0.15) is 10.4 Å². The Morgan fingerprint density at radius 3 is 2.84 bits per heavy atom. The molecule has 0 fully saturated rings. The second-order valence-electron chi connectivity index (χ2n) is 3.99. The minimum atomic E-state index is -0.616. The SMILES string of the molecule is NC(=O)c1cc(N)cnc1-n1nnc2ccccc21. The molecule has 94 valence electrons. The van der Waals surface area contributed by atoms with Gasteiger partial charge in [-0.15, -0.1) is 5.10 Å². The predicted octanol–water partition coefficient (Wildman–Crippen LogP) is 0.497. The molecule has 19 heavy (non-hydrogen) atoms. The summed E-state index contributed by atoms with van der Waals surface area (Å²) in [7, 11) is 0. The average molecular weight is 254 g/mol. The number of nitrogen functional groups attached to an aromatic ring is 1. The van der Waals surface area contributed by atoms with Gasteiger partial charge in [0, 0.05) is 0 Å². The Labute approximate surface area is 107 Å². The third-order valence-electron chi connectivity index (χ3n) is 2.71. The Balaban J connectivity index is 2.30. The van der Waals surface area contributed by atoms with E-state index in [0.29, 0.717) is 17.0 Å². The van der Waals surface area contributed by atoms with Crippen molar-refractivity contribution in [3.8, 4) is 5.82 Å². The first-order chi connectivity index (χ1) is 9.16. The molecule has 0 radical (unpaired) electrons. The molecule has 0 aliphatic carbocycles. The van der Waals surface area contributed by atoms with Gasteiger partial charge < -0.3 is 11.5 Å². The van der Waals surface area contributed by atoms with Gasteiger partial charge in [-0.05, 0) is 18.2 Å². The van der Waals surface area contributed by atoms with E-state index < -0.39 is 5.91 Å². The van der Waals surface area contributed by atoms with Gasteiger partial charge in [0.05, 0.1) is 23.0 Å². The van der Waals surface area contributed by atoms with E-state index in [1.807, 2.05) is 24.3 Å². The van der Waals surface area contributed by atoms with Gasteiger partial charge in [-0.3, -0.25) is 4.79 Å². The average Bonchev–Trinajstić information content (AvgIpc) is 2.82. The summed E-state index contributed by atoms with van der Waals surface area (Å²) in [6.07, 6.45) is 1.44. The number of hydrogen-bond acceptors (Lipinski definition) is 5. The van der Waals surface area contributed by atoms with Crippen LogP contribution in [-0.2, 0) is 0 Å². The molecule has 0 aliphatic rings. The molecular formula is C12H10N6O. The third-order valence-corrected chi connectivity index (χ3v) is 2.71. The van der Waals surface area contributed by atoms with E-state index in [2.05, 4.69) is 15.3 Å². The number of fused-ring (bicyclic) bond motifs is 1.